The van der Waals surface area contributed by atoms with Crippen molar-refractivity contribution in [2.24, 2.45) is 0 Å². The van der Waals surface area contributed by atoms with Gasteiger partial charge >= 0.3 is 0 Å². The average molecular weight is 292 g/mol. The number of rotatable bonds is 5. The van der Waals surface area contributed by atoms with Gasteiger partial charge in [0.15, 0.2) is 0 Å². The lowest BCUT2D eigenvalue weighted by Gasteiger charge is -2.35. The highest BCUT2D eigenvalue weighted by atomic mass is 16.3. The number of hydrogen-bond donors (Lipinski definition) is 1. The molecule has 1 aliphatic heterocycles. The number of nitrogens with zero attached hydrogens (tertiary/aromatic N) is 4. The van der Waals surface area contributed by atoms with Crippen molar-refractivity contribution in [1.82, 2.24) is 14.9 Å². The molecule has 5 heteroatoms. The molecule has 0 radical (unpaired) electrons. The maximum Gasteiger partial charge on any atom is 0.132 e. The molecule has 0 bridgehead atoms. The van der Waals surface area contributed by atoms with Crippen molar-refractivity contribution in [2.45, 2.75) is 39.5 Å². The van der Waals surface area contributed by atoms with Gasteiger partial charge in [-0.3, -0.25) is 4.90 Å². The third-order valence-electron chi connectivity index (χ3n) is 4.51. The Balaban J connectivity index is 2.14. The third kappa shape index (κ3) is 3.92. The Morgan fingerprint density at radius 3 is 2.43 bits per heavy atom. The fraction of sp³-hybridized carbons (Fsp3) is 0.750. The molecule has 1 aliphatic rings. The lowest BCUT2D eigenvalue weighted by Crippen LogP contribution is -2.47. The number of piperazine rings is 1. The fourth-order valence-corrected chi connectivity index (χ4v) is 2.58. The monoisotopic (exact) mass is 292 g/mol. The predicted molar refractivity (Wildman–Crippen MR) is 85.8 cm³/mol. The number of aromatic nitrogens is 2. The van der Waals surface area contributed by atoms with Gasteiger partial charge in [0.05, 0.1) is 12.3 Å². The molecule has 0 amide bonds. The zero-order valence-corrected chi connectivity index (χ0v) is 13.8. The molecule has 118 valence electrons. The van der Waals surface area contributed by atoms with E-state index >= 15 is 0 Å². The second-order valence-electron chi connectivity index (χ2n) is 6.45. The van der Waals surface area contributed by atoms with Crippen molar-refractivity contribution < 1.29 is 5.11 Å². The Morgan fingerprint density at radius 2 is 1.86 bits per heavy atom. The largest absolute Gasteiger partial charge is 0.395 e. The van der Waals surface area contributed by atoms with Crippen LogP contribution >= 0.6 is 0 Å². The van der Waals surface area contributed by atoms with E-state index in [4.69, 9.17) is 5.11 Å². The van der Waals surface area contributed by atoms with Crippen LogP contribution in [0.1, 0.15) is 38.7 Å². The summed E-state index contributed by atoms with van der Waals surface area (Å²) >= 11 is 0. The smallest absolute Gasteiger partial charge is 0.132 e. The second kappa shape index (κ2) is 6.71. The summed E-state index contributed by atoms with van der Waals surface area (Å²) in [5, 5.41) is 9.02. The first-order valence-corrected chi connectivity index (χ1v) is 7.90. The van der Waals surface area contributed by atoms with Crippen LogP contribution in [0.3, 0.4) is 0 Å². The highest BCUT2D eigenvalue weighted by Crippen LogP contribution is 2.27. The molecule has 21 heavy (non-hydrogen) atoms. The van der Waals surface area contributed by atoms with E-state index in [1.807, 2.05) is 6.92 Å². The average Bonchev–Trinajstić information content (AvgIpc) is 2.47. The van der Waals surface area contributed by atoms with Gasteiger partial charge in [-0.2, -0.15) is 0 Å². The van der Waals surface area contributed by atoms with Crippen molar-refractivity contribution in [3.63, 3.8) is 0 Å². The molecule has 0 saturated carbocycles. The number of aryl methyl sites for hydroxylation is 1. The number of β-amino-alcohol motifs (C(OH)–C–C–N with tert-alkyl or cyclic N) is 1. The van der Waals surface area contributed by atoms with Crippen LogP contribution in [0, 0.1) is 6.92 Å². The first-order chi connectivity index (χ1) is 9.96. The number of hydrogen-bond acceptors (Lipinski definition) is 5. The molecule has 0 unspecified atom stereocenters. The van der Waals surface area contributed by atoms with Gasteiger partial charge in [-0.1, -0.05) is 20.8 Å². The van der Waals surface area contributed by atoms with E-state index in [0.29, 0.717) is 0 Å². The van der Waals surface area contributed by atoms with Crippen LogP contribution in [-0.4, -0.2) is 59.3 Å². The van der Waals surface area contributed by atoms with Crippen molar-refractivity contribution in [3.8, 4) is 0 Å². The zero-order valence-electron chi connectivity index (χ0n) is 13.8. The van der Waals surface area contributed by atoms with E-state index in [0.717, 1.165) is 56.5 Å². The summed E-state index contributed by atoms with van der Waals surface area (Å²) in [5.41, 5.74) is 1.21. The van der Waals surface area contributed by atoms with Crippen LogP contribution in [0.4, 0.5) is 5.82 Å². The van der Waals surface area contributed by atoms with E-state index in [2.05, 4.69) is 46.6 Å². The Bertz CT molecular complexity index is 467. The van der Waals surface area contributed by atoms with Crippen LogP contribution in [0.5, 0.6) is 0 Å². The summed E-state index contributed by atoms with van der Waals surface area (Å²) in [6.07, 6.45) is 1.06. The molecule has 5 nitrogen and oxygen atoms in total. The fourth-order valence-electron chi connectivity index (χ4n) is 2.58. The minimum atomic E-state index is 0.0845. The van der Waals surface area contributed by atoms with Crippen molar-refractivity contribution in [1.29, 1.82) is 0 Å². The molecule has 1 fully saturated rings. The SMILES string of the molecule is CCC(C)(C)c1cc(N2CCN(CCO)CC2)nc(C)n1. The Hall–Kier alpha value is -1.20. The molecule has 1 aromatic rings. The van der Waals surface area contributed by atoms with Crippen molar-refractivity contribution in [3.05, 3.63) is 17.6 Å². The van der Waals surface area contributed by atoms with Gasteiger partial charge in [-0.25, -0.2) is 9.97 Å². The first-order valence-electron chi connectivity index (χ1n) is 7.90. The molecular weight excluding hydrogens is 264 g/mol. The Morgan fingerprint density at radius 1 is 1.19 bits per heavy atom. The van der Waals surface area contributed by atoms with Gasteiger partial charge in [-0.05, 0) is 13.3 Å². The topological polar surface area (TPSA) is 52.5 Å². The van der Waals surface area contributed by atoms with Crippen LogP contribution in [0.25, 0.3) is 0 Å². The van der Waals surface area contributed by atoms with Crippen molar-refractivity contribution >= 4 is 5.82 Å². The Kier molecular flexibility index (Phi) is 5.17. The molecule has 1 aromatic heterocycles. The van der Waals surface area contributed by atoms with E-state index in [1.54, 1.807) is 0 Å². The standard InChI is InChI=1S/C16H28N4O/c1-5-16(3,4)14-12-15(18-13(2)17-14)20-8-6-19(7-9-20)10-11-21/h12,21H,5-11H2,1-4H3. The van der Waals surface area contributed by atoms with Gasteiger partial charge in [0, 0.05) is 44.2 Å². The minimum absolute atomic E-state index is 0.0845. The molecule has 0 aromatic carbocycles. The normalized spacial score (nSPS) is 17.3. The summed E-state index contributed by atoms with van der Waals surface area (Å²) in [6, 6.07) is 2.15. The quantitative estimate of drug-likeness (QED) is 0.893. The molecule has 1 saturated heterocycles. The summed E-state index contributed by atoms with van der Waals surface area (Å²) in [7, 11) is 0. The highest BCUT2D eigenvalue weighted by Gasteiger charge is 2.23. The molecule has 2 heterocycles. The number of aliphatic hydroxyl groups excluding tert-OH is 1. The van der Waals surface area contributed by atoms with E-state index in [9.17, 15) is 0 Å². The van der Waals surface area contributed by atoms with E-state index in [1.165, 1.54) is 0 Å². The predicted octanol–water partition coefficient (Wildman–Crippen LogP) is 1.59. The van der Waals surface area contributed by atoms with Gasteiger partial charge in [0.2, 0.25) is 0 Å². The second-order valence-corrected chi connectivity index (χ2v) is 6.45. The minimum Gasteiger partial charge on any atom is -0.395 e. The third-order valence-corrected chi connectivity index (χ3v) is 4.51. The highest BCUT2D eigenvalue weighted by molar-refractivity contribution is 5.42. The lowest BCUT2D eigenvalue weighted by atomic mass is 9.86. The first kappa shape index (κ1) is 16.2. The molecule has 1 N–H and O–H groups in total. The van der Waals surface area contributed by atoms with Gasteiger partial charge in [0.1, 0.15) is 11.6 Å². The summed E-state index contributed by atoms with van der Waals surface area (Å²) < 4.78 is 0. The maximum atomic E-state index is 9.02. The van der Waals surface area contributed by atoms with Crippen molar-refractivity contribution in [2.75, 3.05) is 44.2 Å². The van der Waals surface area contributed by atoms with Gasteiger partial charge < -0.3 is 10.0 Å². The van der Waals surface area contributed by atoms with Crippen LogP contribution in [0.2, 0.25) is 0 Å². The van der Waals surface area contributed by atoms with Gasteiger partial charge in [0.25, 0.3) is 0 Å². The molecule has 0 atom stereocenters. The molecule has 0 aliphatic carbocycles. The zero-order chi connectivity index (χ0) is 15.5. The van der Waals surface area contributed by atoms with Crippen LogP contribution in [-0.2, 0) is 5.41 Å². The van der Waals surface area contributed by atoms with E-state index < -0.39 is 0 Å². The summed E-state index contributed by atoms with van der Waals surface area (Å²) in [5.74, 6) is 1.89. The lowest BCUT2D eigenvalue weighted by molar-refractivity contribution is 0.188. The summed E-state index contributed by atoms with van der Waals surface area (Å²) in [6.45, 7) is 13.5. The van der Waals surface area contributed by atoms with Crippen LogP contribution in [0.15, 0.2) is 6.07 Å². The number of aliphatic hydroxyl groups is 1. The molecular formula is C16H28N4O. The van der Waals surface area contributed by atoms with Crippen LogP contribution < -0.4 is 4.90 Å². The van der Waals surface area contributed by atoms with Gasteiger partial charge in [-0.15, -0.1) is 0 Å². The molecule has 0 spiro atoms. The Labute approximate surface area is 128 Å². The maximum absolute atomic E-state index is 9.02. The number of anilines is 1. The molecule has 2 rings (SSSR count). The summed E-state index contributed by atoms with van der Waals surface area (Å²) in [4.78, 5) is 13.9. The van der Waals surface area contributed by atoms with E-state index in [-0.39, 0.29) is 12.0 Å².